The number of aromatic nitrogens is 1. The van der Waals surface area contributed by atoms with Crippen LogP contribution in [0.2, 0.25) is 0 Å². The van der Waals surface area contributed by atoms with E-state index in [9.17, 15) is 9.59 Å². The second kappa shape index (κ2) is 5.20. The van der Waals surface area contributed by atoms with Gasteiger partial charge < -0.3 is 14.2 Å². The van der Waals surface area contributed by atoms with Crippen molar-refractivity contribution in [2.75, 3.05) is 13.2 Å². The van der Waals surface area contributed by atoms with Crippen molar-refractivity contribution in [1.29, 1.82) is 0 Å². The molecule has 1 saturated carbocycles. The molecule has 0 saturated heterocycles. The van der Waals surface area contributed by atoms with Crippen LogP contribution < -0.4 is 0 Å². The van der Waals surface area contributed by atoms with E-state index in [1.165, 1.54) is 11.1 Å². The number of aryl methyl sites for hydroxylation is 1. The van der Waals surface area contributed by atoms with E-state index >= 15 is 0 Å². The molecule has 2 rings (SSSR count). The summed E-state index contributed by atoms with van der Waals surface area (Å²) in [6.07, 6.45) is 3.24. The molecular formula is C12H16N2O4. The van der Waals surface area contributed by atoms with Gasteiger partial charge in [-0.1, -0.05) is 5.16 Å². The average Bonchev–Trinajstić information content (AvgIpc) is 3.08. The van der Waals surface area contributed by atoms with Crippen LogP contribution in [-0.2, 0) is 9.53 Å². The van der Waals surface area contributed by atoms with Gasteiger partial charge in [0.2, 0.25) is 0 Å². The summed E-state index contributed by atoms with van der Waals surface area (Å²) in [4.78, 5) is 25.3. The zero-order valence-electron chi connectivity index (χ0n) is 10.5. The normalized spacial score (nSPS) is 14.3. The fourth-order valence-electron chi connectivity index (χ4n) is 1.76. The molecular weight excluding hydrogens is 236 g/mol. The Morgan fingerprint density at radius 1 is 1.56 bits per heavy atom. The molecule has 6 heteroatoms. The highest BCUT2D eigenvalue weighted by Gasteiger charge is 2.35. The maximum Gasteiger partial charge on any atom is 0.325 e. The summed E-state index contributed by atoms with van der Waals surface area (Å²) in [6, 6.07) is 0.135. The molecule has 1 aromatic heterocycles. The smallest absolute Gasteiger partial charge is 0.325 e. The third-order valence-corrected chi connectivity index (χ3v) is 2.83. The number of amides is 1. The number of hydrogen-bond acceptors (Lipinski definition) is 5. The van der Waals surface area contributed by atoms with Gasteiger partial charge in [0.25, 0.3) is 5.91 Å². The minimum absolute atomic E-state index is 0.0119. The van der Waals surface area contributed by atoms with Crippen molar-refractivity contribution in [2.24, 2.45) is 0 Å². The van der Waals surface area contributed by atoms with Gasteiger partial charge in [-0.25, -0.2) is 0 Å². The SMILES string of the molecule is CCOC(=O)CN(C(=O)c1cnoc1C)C1CC1. The lowest BCUT2D eigenvalue weighted by atomic mass is 10.2. The van der Waals surface area contributed by atoms with Crippen LogP contribution in [0.5, 0.6) is 0 Å². The number of hydrogen-bond donors (Lipinski definition) is 0. The quantitative estimate of drug-likeness (QED) is 0.735. The van der Waals surface area contributed by atoms with Crippen molar-refractivity contribution < 1.29 is 18.8 Å². The first-order valence-corrected chi connectivity index (χ1v) is 6.01. The number of ether oxygens (including phenoxy) is 1. The van der Waals surface area contributed by atoms with E-state index in [1.807, 2.05) is 0 Å². The first-order chi connectivity index (χ1) is 8.63. The molecule has 0 bridgehead atoms. The van der Waals surface area contributed by atoms with E-state index in [-0.39, 0.29) is 24.5 Å². The van der Waals surface area contributed by atoms with Crippen LogP contribution in [-0.4, -0.2) is 41.1 Å². The zero-order valence-corrected chi connectivity index (χ0v) is 10.5. The molecule has 0 aliphatic heterocycles. The maximum atomic E-state index is 12.3. The summed E-state index contributed by atoms with van der Waals surface area (Å²) >= 11 is 0. The van der Waals surface area contributed by atoms with Crippen LogP contribution in [0.3, 0.4) is 0 Å². The van der Waals surface area contributed by atoms with E-state index in [4.69, 9.17) is 9.26 Å². The van der Waals surface area contributed by atoms with Crippen LogP contribution in [0.15, 0.2) is 10.7 Å². The summed E-state index contributed by atoms with van der Waals surface area (Å²) in [6.45, 7) is 3.72. The Bertz CT molecular complexity index is 451. The molecule has 0 aromatic carbocycles. The summed E-state index contributed by atoms with van der Waals surface area (Å²) in [5.74, 6) is -0.134. The highest BCUT2D eigenvalue weighted by molar-refractivity contribution is 5.96. The molecule has 1 aliphatic carbocycles. The number of nitrogens with zero attached hydrogens (tertiary/aromatic N) is 2. The van der Waals surface area contributed by atoms with Gasteiger partial charge in [-0.15, -0.1) is 0 Å². The highest BCUT2D eigenvalue weighted by atomic mass is 16.5. The standard InChI is InChI=1S/C12H16N2O4/c1-3-17-11(15)7-14(9-4-5-9)12(16)10-6-13-18-8(10)2/h6,9H,3-5,7H2,1-2H3. The maximum absolute atomic E-state index is 12.3. The Hall–Kier alpha value is -1.85. The lowest BCUT2D eigenvalue weighted by molar-refractivity contribution is -0.144. The molecule has 0 radical (unpaired) electrons. The Kier molecular flexibility index (Phi) is 3.64. The molecule has 1 heterocycles. The molecule has 6 nitrogen and oxygen atoms in total. The summed E-state index contributed by atoms with van der Waals surface area (Å²) in [7, 11) is 0. The van der Waals surface area contributed by atoms with Gasteiger partial charge in [0.15, 0.2) is 0 Å². The monoisotopic (exact) mass is 252 g/mol. The molecule has 18 heavy (non-hydrogen) atoms. The van der Waals surface area contributed by atoms with Crippen LogP contribution in [0.25, 0.3) is 0 Å². The van der Waals surface area contributed by atoms with Crippen molar-refractivity contribution in [3.8, 4) is 0 Å². The Labute approximate surface area is 105 Å². The lowest BCUT2D eigenvalue weighted by Gasteiger charge is -2.20. The average molecular weight is 252 g/mol. The molecule has 98 valence electrons. The van der Waals surface area contributed by atoms with Crippen LogP contribution in [0.4, 0.5) is 0 Å². The number of carbonyl (C=O) groups excluding carboxylic acids is 2. The van der Waals surface area contributed by atoms with E-state index < -0.39 is 0 Å². The number of carbonyl (C=O) groups is 2. The molecule has 1 aromatic rings. The highest BCUT2D eigenvalue weighted by Crippen LogP contribution is 2.28. The van der Waals surface area contributed by atoms with Crippen molar-refractivity contribution in [3.63, 3.8) is 0 Å². The van der Waals surface area contributed by atoms with Gasteiger partial charge in [0.05, 0.1) is 12.8 Å². The van der Waals surface area contributed by atoms with Crippen LogP contribution in [0, 0.1) is 6.92 Å². The van der Waals surface area contributed by atoms with Crippen molar-refractivity contribution in [1.82, 2.24) is 10.1 Å². The number of rotatable bonds is 5. The third-order valence-electron chi connectivity index (χ3n) is 2.83. The van der Waals surface area contributed by atoms with Gasteiger partial charge in [-0.3, -0.25) is 9.59 Å². The molecule has 0 spiro atoms. The fraction of sp³-hybridized carbons (Fsp3) is 0.583. The summed E-state index contributed by atoms with van der Waals surface area (Å²) < 4.78 is 9.75. The van der Waals surface area contributed by atoms with Gasteiger partial charge in [0.1, 0.15) is 17.9 Å². The van der Waals surface area contributed by atoms with E-state index in [0.29, 0.717) is 17.9 Å². The van der Waals surface area contributed by atoms with Crippen LogP contribution >= 0.6 is 0 Å². The zero-order chi connectivity index (χ0) is 13.1. The molecule has 0 unspecified atom stereocenters. The minimum atomic E-state index is -0.383. The molecule has 1 aliphatic rings. The summed E-state index contributed by atoms with van der Waals surface area (Å²) in [5, 5.41) is 3.58. The van der Waals surface area contributed by atoms with E-state index in [2.05, 4.69) is 5.16 Å². The molecule has 0 N–H and O–H groups in total. The third kappa shape index (κ3) is 2.69. The van der Waals surface area contributed by atoms with Crippen molar-refractivity contribution in [3.05, 3.63) is 17.5 Å². The fourth-order valence-corrected chi connectivity index (χ4v) is 1.76. The predicted octanol–water partition coefficient (Wildman–Crippen LogP) is 1.15. The van der Waals surface area contributed by atoms with Crippen molar-refractivity contribution in [2.45, 2.75) is 32.7 Å². The number of esters is 1. The van der Waals surface area contributed by atoms with Gasteiger partial charge in [0, 0.05) is 6.04 Å². The second-order valence-corrected chi connectivity index (χ2v) is 4.26. The topological polar surface area (TPSA) is 72.6 Å². The molecule has 0 atom stereocenters. The van der Waals surface area contributed by atoms with Gasteiger partial charge >= 0.3 is 5.97 Å². The van der Waals surface area contributed by atoms with Gasteiger partial charge in [-0.2, -0.15) is 0 Å². The Morgan fingerprint density at radius 3 is 2.78 bits per heavy atom. The Morgan fingerprint density at radius 2 is 2.28 bits per heavy atom. The molecule has 1 amide bonds. The lowest BCUT2D eigenvalue weighted by Crippen LogP contribution is -2.38. The summed E-state index contributed by atoms with van der Waals surface area (Å²) in [5.41, 5.74) is 0.409. The van der Waals surface area contributed by atoms with E-state index in [1.54, 1.807) is 13.8 Å². The predicted molar refractivity (Wildman–Crippen MR) is 61.9 cm³/mol. The second-order valence-electron chi connectivity index (χ2n) is 4.26. The first-order valence-electron chi connectivity index (χ1n) is 6.01. The Balaban J connectivity index is 2.08. The largest absolute Gasteiger partial charge is 0.465 e. The molecule has 1 fully saturated rings. The first kappa shape index (κ1) is 12.6. The minimum Gasteiger partial charge on any atom is -0.465 e. The van der Waals surface area contributed by atoms with Gasteiger partial charge in [-0.05, 0) is 26.7 Å². The van der Waals surface area contributed by atoms with Crippen molar-refractivity contribution >= 4 is 11.9 Å². The van der Waals surface area contributed by atoms with Crippen LogP contribution in [0.1, 0.15) is 35.9 Å². The van der Waals surface area contributed by atoms with E-state index in [0.717, 1.165) is 12.8 Å².